The Kier molecular flexibility index (Phi) is 6.26. The van der Waals surface area contributed by atoms with Crippen molar-refractivity contribution in [2.24, 2.45) is 0 Å². The quantitative estimate of drug-likeness (QED) is 0.425. The van der Waals surface area contributed by atoms with Gasteiger partial charge in [0.25, 0.3) is 0 Å². The Hall–Kier alpha value is -2.96. The first-order valence-corrected chi connectivity index (χ1v) is 10.5. The summed E-state index contributed by atoms with van der Waals surface area (Å²) < 4.78 is 2.14. The first-order valence-electron chi connectivity index (χ1n) is 10.1. The van der Waals surface area contributed by atoms with Gasteiger partial charge >= 0.3 is 0 Å². The highest BCUT2D eigenvalue weighted by molar-refractivity contribution is 6.31. The molecule has 0 radical (unpaired) electrons. The van der Waals surface area contributed by atoms with E-state index >= 15 is 0 Å². The van der Waals surface area contributed by atoms with Crippen molar-refractivity contribution < 1.29 is 5.11 Å². The summed E-state index contributed by atoms with van der Waals surface area (Å²) in [7, 11) is 0. The summed E-state index contributed by atoms with van der Waals surface area (Å²) in [5.74, 6) is 0.574. The van der Waals surface area contributed by atoms with Crippen LogP contribution in [0.4, 0.5) is 0 Å². The van der Waals surface area contributed by atoms with E-state index in [4.69, 9.17) is 11.6 Å². The Morgan fingerprint density at radius 1 is 1.07 bits per heavy atom. The molecule has 0 fully saturated rings. The highest BCUT2D eigenvalue weighted by atomic mass is 35.5. The smallest absolute Gasteiger partial charge is 0.205 e. The number of nitrogens with one attached hydrogen (secondary N) is 1. The fraction of sp³-hybridized carbons (Fsp3) is 0.261. The van der Waals surface area contributed by atoms with Gasteiger partial charge in [0.05, 0.1) is 17.3 Å². The lowest BCUT2D eigenvalue weighted by atomic mass is 9.98. The lowest BCUT2D eigenvalue weighted by Crippen LogP contribution is -2.08. The molecule has 0 unspecified atom stereocenters. The summed E-state index contributed by atoms with van der Waals surface area (Å²) in [5, 5.41) is 24.9. The van der Waals surface area contributed by atoms with Gasteiger partial charge in [0, 0.05) is 17.8 Å². The van der Waals surface area contributed by atoms with E-state index in [2.05, 4.69) is 62.4 Å². The van der Waals surface area contributed by atoms with Crippen LogP contribution in [0.3, 0.4) is 0 Å². The topological polar surface area (TPSA) is 79.6 Å². The molecule has 0 amide bonds. The SMILES string of the molecule is CCCCc1cc(Cl)c(CO)n1Cc1ccc(-c2ccccc2-c2nn[nH]n2)cc1. The maximum atomic E-state index is 9.81. The third kappa shape index (κ3) is 4.15. The lowest BCUT2D eigenvalue weighted by Gasteiger charge is -2.14. The van der Waals surface area contributed by atoms with Crippen LogP contribution in [0, 0.1) is 0 Å². The van der Waals surface area contributed by atoms with Gasteiger partial charge in [0.15, 0.2) is 0 Å². The molecule has 0 aliphatic heterocycles. The first kappa shape index (κ1) is 20.3. The Balaban J connectivity index is 1.62. The maximum Gasteiger partial charge on any atom is 0.205 e. The van der Waals surface area contributed by atoms with Crippen molar-refractivity contribution in [2.45, 2.75) is 39.3 Å². The number of aryl methyl sites for hydroxylation is 1. The van der Waals surface area contributed by atoms with Crippen LogP contribution in [0.5, 0.6) is 0 Å². The number of H-pyrrole nitrogens is 1. The van der Waals surface area contributed by atoms with Gasteiger partial charge in [-0.05, 0) is 40.8 Å². The molecule has 2 aromatic heterocycles. The molecule has 2 heterocycles. The predicted molar refractivity (Wildman–Crippen MR) is 118 cm³/mol. The van der Waals surface area contributed by atoms with Crippen molar-refractivity contribution >= 4 is 11.6 Å². The largest absolute Gasteiger partial charge is 0.390 e. The number of aliphatic hydroxyl groups is 1. The zero-order valence-electron chi connectivity index (χ0n) is 16.8. The van der Waals surface area contributed by atoms with Crippen LogP contribution >= 0.6 is 11.6 Å². The molecule has 7 heteroatoms. The standard InChI is InChI=1S/C23H24ClN5O/c1-2-3-6-18-13-21(24)22(15-30)29(18)14-16-9-11-17(12-10-16)19-7-4-5-8-20(19)23-25-27-28-26-23/h4-5,7-13,30H,2-3,6,14-15H2,1H3,(H,25,26,27,28). The second-order valence-corrected chi connectivity index (χ2v) is 7.66. The third-order valence-electron chi connectivity index (χ3n) is 5.30. The van der Waals surface area contributed by atoms with E-state index in [9.17, 15) is 5.11 Å². The van der Waals surface area contributed by atoms with Gasteiger partial charge in [0.1, 0.15) is 0 Å². The van der Waals surface area contributed by atoms with Gasteiger partial charge in [-0.1, -0.05) is 73.5 Å². The number of rotatable bonds is 8. The van der Waals surface area contributed by atoms with E-state index in [0.29, 0.717) is 17.4 Å². The highest BCUT2D eigenvalue weighted by Gasteiger charge is 2.14. The van der Waals surface area contributed by atoms with Crippen molar-refractivity contribution in [3.8, 4) is 22.5 Å². The Bertz CT molecular complexity index is 1100. The molecule has 4 aromatic rings. The molecule has 2 aromatic carbocycles. The minimum atomic E-state index is -0.0683. The van der Waals surface area contributed by atoms with Gasteiger partial charge in [0.2, 0.25) is 5.82 Å². The molecule has 0 atom stereocenters. The first-order chi connectivity index (χ1) is 14.7. The summed E-state index contributed by atoms with van der Waals surface area (Å²) in [6.07, 6.45) is 3.16. The molecule has 6 nitrogen and oxygen atoms in total. The van der Waals surface area contributed by atoms with Gasteiger partial charge in [-0.3, -0.25) is 0 Å². The average Bonchev–Trinajstić information content (AvgIpc) is 3.41. The van der Waals surface area contributed by atoms with Gasteiger partial charge in [-0.15, -0.1) is 10.2 Å². The number of hydrogen-bond donors (Lipinski definition) is 2. The average molecular weight is 422 g/mol. The van der Waals surface area contributed by atoms with Crippen LogP contribution in [-0.4, -0.2) is 30.3 Å². The van der Waals surface area contributed by atoms with Crippen LogP contribution in [0.2, 0.25) is 5.02 Å². The molecule has 0 saturated carbocycles. The molecular weight excluding hydrogens is 398 g/mol. The van der Waals surface area contributed by atoms with Crippen molar-refractivity contribution in [1.29, 1.82) is 0 Å². The van der Waals surface area contributed by atoms with E-state index < -0.39 is 0 Å². The van der Waals surface area contributed by atoms with Crippen molar-refractivity contribution in [3.63, 3.8) is 0 Å². The molecule has 30 heavy (non-hydrogen) atoms. The monoisotopic (exact) mass is 421 g/mol. The normalized spacial score (nSPS) is 11.2. The number of aliphatic hydroxyl groups excluding tert-OH is 1. The van der Waals surface area contributed by atoms with E-state index in [1.807, 2.05) is 24.3 Å². The molecule has 4 rings (SSSR count). The zero-order chi connectivity index (χ0) is 20.9. The predicted octanol–water partition coefficient (Wildman–Crippen LogP) is 4.87. The number of unbranched alkanes of at least 4 members (excludes halogenated alkanes) is 1. The maximum absolute atomic E-state index is 9.81. The number of nitrogens with zero attached hydrogens (tertiary/aromatic N) is 4. The lowest BCUT2D eigenvalue weighted by molar-refractivity contribution is 0.271. The molecule has 0 saturated heterocycles. The molecular formula is C23H24ClN5O. The number of tetrazole rings is 1. The van der Waals surface area contributed by atoms with E-state index in [1.54, 1.807) is 0 Å². The number of aromatic amines is 1. The van der Waals surface area contributed by atoms with Crippen LogP contribution in [0.15, 0.2) is 54.6 Å². The summed E-state index contributed by atoms with van der Waals surface area (Å²) in [4.78, 5) is 0. The third-order valence-corrected chi connectivity index (χ3v) is 5.62. The van der Waals surface area contributed by atoms with Crippen LogP contribution in [0.25, 0.3) is 22.5 Å². The molecule has 0 bridgehead atoms. The fourth-order valence-corrected chi connectivity index (χ4v) is 4.00. The zero-order valence-corrected chi connectivity index (χ0v) is 17.6. The fourth-order valence-electron chi connectivity index (χ4n) is 3.71. The number of hydrogen-bond acceptors (Lipinski definition) is 4. The Morgan fingerprint density at radius 3 is 2.50 bits per heavy atom. The van der Waals surface area contributed by atoms with E-state index in [-0.39, 0.29) is 6.61 Å². The molecule has 0 aliphatic rings. The van der Waals surface area contributed by atoms with Crippen molar-refractivity contribution in [3.05, 3.63) is 76.6 Å². The van der Waals surface area contributed by atoms with E-state index in [1.165, 1.54) is 0 Å². The van der Waals surface area contributed by atoms with Crippen molar-refractivity contribution in [2.75, 3.05) is 0 Å². The second-order valence-electron chi connectivity index (χ2n) is 7.26. The van der Waals surface area contributed by atoms with Gasteiger partial charge < -0.3 is 9.67 Å². The minimum absolute atomic E-state index is 0.0683. The summed E-state index contributed by atoms with van der Waals surface area (Å²) >= 11 is 6.37. The molecule has 2 N–H and O–H groups in total. The number of aromatic nitrogens is 5. The Morgan fingerprint density at radius 2 is 1.83 bits per heavy atom. The highest BCUT2D eigenvalue weighted by Crippen LogP contribution is 2.30. The second kappa shape index (κ2) is 9.24. The van der Waals surface area contributed by atoms with Crippen LogP contribution in [0.1, 0.15) is 36.7 Å². The van der Waals surface area contributed by atoms with Crippen LogP contribution in [-0.2, 0) is 19.6 Å². The minimum Gasteiger partial charge on any atom is -0.390 e. The number of benzene rings is 2. The number of halogens is 1. The molecule has 154 valence electrons. The van der Waals surface area contributed by atoms with Crippen molar-refractivity contribution in [1.82, 2.24) is 25.2 Å². The summed E-state index contributed by atoms with van der Waals surface area (Å²) in [5.41, 5.74) is 6.15. The van der Waals surface area contributed by atoms with Gasteiger partial charge in [-0.2, -0.15) is 5.21 Å². The molecule has 0 spiro atoms. The molecule has 0 aliphatic carbocycles. The van der Waals surface area contributed by atoms with Gasteiger partial charge in [-0.25, -0.2) is 0 Å². The summed E-state index contributed by atoms with van der Waals surface area (Å²) in [6, 6.07) is 18.4. The van der Waals surface area contributed by atoms with Crippen LogP contribution < -0.4 is 0 Å². The Labute approximate surface area is 180 Å². The van der Waals surface area contributed by atoms with E-state index in [0.717, 1.165) is 52.9 Å². The summed E-state index contributed by atoms with van der Waals surface area (Å²) in [6.45, 7) is 2.78.